The summed E-state index contributed by atoms with van der Waals surface area (Å²) in [5, 5.41) is 3.48. The largest absolute Gasteiger partial charge is 0.371 e. The van der Waals surface area contributed by atoms with E-state index in [1.165, 1.54) is 5.69 Å². The van der Waals surface area contributed by atoms with Crippen molar-refractivity contribution in [3.63, 3.8) is 0 Å². The molecule has 1 rings (SSSR count). The summed E-state index contributed by atoms with van der Waals surface area (Å²) in [6.07, 6.45) is 1.63. The number of halogens is 1. The molecule has 0 amide bonds. The summed E-state index contributed by atoms with van der Waals surface area (Å²) >= 11 is 5.73. The molecule has 0 fully saturated rings. The van der Waals surface area contributed by atoms with Crippen LogP contribution in [0.2, 0.25) is 0 Å². The molecule has 1 aromatic rings. The van der Waals surface area contributed by atoms with Gasteiger partial charge in [-0.1, -0.05) is 12.1 Å². The molecule has 4 heteroatoms. The van der Waals surface area contributed by atoms with E-state index in [9.17, 15) is 0 Å². The van der Waals surface area contributed by atoms with Gasteiger partial charge in [0.15, 0.2) is 0 Å². The van der Waals surface area contributed by atoms with Crippen LogP contribution >= 0.6 is 11.6 Å². The Morgan fingerprint density at radius 2 is 2.07 bits per heavy atom. The van der Waals surface area contributed by atoms with Gasteiger partial charge in [0.25, 0.3) is 0 Å². The van der Waals surface area contributed by atoms with Gasteiger partial charge in [-0.2, -0.15) is 5.10 Å². The van der Waals surface area contributed by atoms with Crippen molar-refractivity contribution in [1.29, 1.82) is 0 Å². The number of rotatable bonds is 5. The van der Waals surface area contributed by atoms with E-state index >= 15 is 0 Å². The van der Waals surface area contributed by atoms with Gasteiger partial charge >= 0.3 is 0 Å². The molecule has 0 saturated carbocycles. The molecule has 0 atom stereocenters. The molecule has 0 aliphatic rings. The van der Waals surface area contributed by atoms with Crippen LogP contribution < -0.4 is 10.7 Å². The Bertz CT molecular complexity index is 308. The zero-order valence-electron chi connectivity index (χ0n) is 8.86. The second-order valence-corrected chi connectivity index (χ2v) is 3.52. The molecule has 0 aliphatic carbocycles. The summed E-state index contributed by atoms with van der Waals surface area (Å²) in [4.78, 5) is 2.22. The second kappa shape index (κ2) is 6.30. The molecule has 1 aromatic carbocycles. The van der Waals surface area contributed by atoms with Crippen molar-refractivity contribution >= 4 is 23.5 Å². The standard InChI is InChI=1S/C11H16ClN3/c1-2-15(8-7-12)11-5-3-10(4-6-11)9-14-13/h3-6,9H,2,7-8,13H2,1H3. The first kappa shape index (κ1) is 11.9. The Morgan fingerprint density at radius 1 is 1.40 bits per heavy atom. The first-order valence-corrected chi connectivity index (χ1v) is 5.49. The van der Waals surface area contributed by atoms with E-state index < -0.39 is 0 Å². The van der Waals surface area contributed by atoms with Gasteiger partial charge in [-0.3, -0.25) is 0 Å². The fourth-order valence-electron chi connectivity index (χ4n) is 1.43. The molecule has 0 radical (unpaired) electrons. The van der Waals surface area contributed by atoms with Crippen LogP contribution in [0.1, 0.15) is 12.5 Å². The molecule has 0 aromatic heterocycles. The number of nitrogens with two attached hydrogens (primary N) is 1. The average Bonchev–Trinajstić information content (AvgIpc) is 2.28. The highest BCUT2D eigenvalue weighted by Gasteiger charge is 2.02. The van der Waals surface area contributed by atoms with Gasteiger partial charge < -0.3 is 10.7 Å². The third-order valence-corrected chi connectivity index (χ3v) is 2.39. The Kier molecular flexibility index (Phi) is 4.98. The van der Waals surface area contributed by atoms with E-state index in [1.807, 2.05) is 24.3 Å². The third-order valence-electron chi connectivity index (χ3n) is 2.22. The van der Waals surface area contributed by atoms with Gasteiger partial charge in [0, 0.05) is 24.7 Å². The second-order valence-electron chi connectivity index (χ2n) is 3.14. The quantitative estimate of drug-likeness (QED) is 0.361. The fourth-order valence-corrected chi connectivity index (χ4v) is 1.63. The molecule has 15 heavy (non-hydrogen) atoms. The lowest BCUT2D eigenvalue weighted by Gasteiger charge is -2.21. The number of hydrazone groups is 1. The molecule has 0 unspecified atom stereocenters. The van der Waals surface area contributed by atoms with Crippen LogP contribution in [-0.2, 0) is 0 Å². The maximum Gasteiger partial charge on any atom is 0.0538 e. The molecule has 0 heterocycles. The monoisotopic (exact) mass is 225 g/mol. The molecular formula is C11H16ClN3. The fraction of sp³-hybridized carbons (Fsp3) is 0.364. The van der Waals surface area contributed by atoms with Crippen LogP contribution in [0.25, 0.3) is 0 Å². The van der Waals surface area contributed by atoms with Crippen molar-refractivity contribution in [2.24, 2.45) is 10.9 Å². The maximum absolute atomic E-state index is 5.73. The van der Waals surface area contributed by atoms with Gasteiger partial charge in [0.05, 0.1) is 6.21 Å². The number of benzene rings is 1. The zero-order valence-corrected chi connectivity index (χ0v) is 9.61. The predicted octanol–water partition coefficient (Wildman–Crippen LogP) is 2.04. The minimum absolute atomic E-state index is 0.639. The van der Waals surface area contributed by atoms with Crippen LogP contribution in [0.3, 0.4) is 0 Å². The summed E-state index contributed by atoms with van der Waals surface area (Å²) < 4.78 is 0. The van der Waals surface area contributed by atoms with Crippen molar-refractivity contribution < 1.29 is 0 Å². The number of hydrogen-bond donors (Lipinski definition) is 1. The summed E-state index contributed by atoms with van der Waals surface area (Å²) in [6, 6.07) is 8.07. The lowest BCUT2D eigenvalue weighted by atomic mass is 10.2. The maximum atomic E-state index is 5.73. The smallest absolute Gasteiger partial charge is 0.0538 e. The Hall–Kier alpha value is -1.22. The van der Waals surface area contributed by atoms with E-state index in [4.69, 9.17) is 17.4 Å². The van der Waals surface area contributed by atoms with Crippen molar-refractivity contribution in [3.8, 4) is 0 Å². The molecule has 2 N–H and O–H groups in total. The van der Waals surface area contributed by atoms with E-state index in [1.54, 1.807) is 6.21 Å². The summed E-state index contributed by atoms with van der Waals surface area (Å²) in [5.41, 5.74) is 2.18. The first-order chi connectivity index (χ1) is 7.31. The number of anilines is 1. The lowest BCUT2D eigenvalue weighted by molar-refractivity contribution is 0.870. The van der Waals surface area contributed by atoms with E-state index in [0.717, 1.165) is 18.7 Å². The van der Waals surface area contributed by atoms with Crippen LogP contribution in [-0.4, -0.2) is 25.2 Å². The molecule has 3 nitrogen and oxygen atoms in total. The molecule has 0 aliphatic heterocycles. The van der Waals surface area contributed by atoms with Crippen molar-refractivity contribution in [1.82, 2.24) is 0 Å². The molecule has 82 valence electrons. The average molecular weight is 226 g/mol. The van der Waals surface area contributed by atoms with Crippen LogP contribution in [0.4, 0.5) is 5.69 Å². The SMILES string of the molecule is CCN(CCCl)c1ccc(C=NN)cc1. The van der Waals surface area contributed by atoms with Gasteiger partial charge in [0.2, 0.25) is 0 Å². The summed E-state index contributed by atoms with van der Waals surface area (Å²) in [5.74, 6) is 5.71. The molecule has 0 spiro atoms. The van der Waals surface area contributed by atoms with Crippen LogP contribution in [0.5, 0.6) is 0 Å². The van der Waals surface area contributed by atoms with Crippen molar-refractivity contribution in [2.75, 3.05) is 23.9 Å². The van der Waals surface area contributed by atoms with Gasteiger partial charge in [-0.25, -0.2) is 0 Å². The minimum Gasteiger partial charge on any atom is -0.371 e. The highest BCUT2D eigenvalue weighted by atomic mass is 35.5. The number of nitrogens with zero attached hydrogens (tertiary/aromatic N) is 2. The van der Waals surface area contributed by atoms with Gasteiger partial charge in [-0.05, 0) is 24.6 Å². The van der Waals surface area contributed by atoms with Crippen molar-refractivity contribution in [3.05, 3.63) is 29.8 Å². The van der Waals surface area contributed by atoms with E-state index in [-0.39, 0.29) is 0 Å². The topological polar surface area (TPSA) is 41.6 Å². The third kappa shape index (κ3) is 3.44. The van der Waals surface area contributed by atoms with Gasteiger partial charge in [0.1, 0.15) is 0 Å². The molecule has 0 bridgehead atoms. The normalized spacial score (nSPS) is 10.8. The van der Waals surface area contributed by atoms with Crippen molar-refractivity contribution in [2.45, 2.75) is 6.92 Å². The lowest BCUT2D eigenvalue weighted by Crippen LogP contribution is -2.24. The van der Waals surface area contributed by atoms with E-state index in [0.29, 0.717) is 5.88 Å². The Labute approximate surface area is 95.5 Å². The Morgan fingerprint density at radius 3 is 2.53 bits per heavy atom. The summed E-state index contributed by atoms with van der Waals surface area (Å²) in [6.45, 7) is 3.93. The highest BCUT2D eigenvalue weighted by Crippen LogP contribution is 2.14. The minimum atomic E-state index is 0.639. The summed E-state index contributed by atoms with van der Waals surface area (Å²) in [7, 11) is 0. The first-order valence-electron chi connectivity index (χ1n) is 4.96. The van der Waals surface area contributed by atoms with Crippen LogP contribution in [0, 0.1) is 0 Å². The zero-order chi connectivity index (χ0) is 11.1. The van der Waals surface area contributed by atoms with Gasteiger partial charge in [-0.15, -0.1) is 11.6 Å². The molecule has 0 saturated heterocycles. The number of alkyl halides is 1. The van der Waals surface area contributed by atoms with E-state index in [2.05, 4.69) is 16.9 Å². The highest BCUT2D eigenvalue weighted by molar-refractivity contribution is 6.18. The van der Waals surface area contributed by atoms with Crippen LogP contribution in [0.15, 0.2) is 29.4 Å². The molecular weight excluding hydrogens is 210 g/mol. The predicted molar refractivity (Wildman–Crippen MR) is 66.8 cm³/mol. The Balaban J connectivity index is 2.77. The number of hydrogen-bond acceptors (Lipinski definition) is 3.